The van der Waals surface area contributed by atoms with Gasteiger partial charge in [-0.15, -0.1) is 0 Å². The summed E-state index contributed by atoms with van der Waals surface area (Å²) >= 11 is 1.19. The van der Waals surface area contributed by atoms with E-state index in [2.05, 4.69) is 0 Å². The highest BCUT2D eigenvalue weighted by molar-refractivity contribution is 8.13. The molecule has 134 valence electrons. The summed E-state index contributed by atoms with van der Waals surface area (Å²) in [7, 11) is -1.92. The number of thioether (sulfide) groups is 1. The molecule has 4 atom stereocenters. The van der Waals surface area contributed by atoms with Crippen LogP contribution < -0.4 is 0 Å². The maximum Gasteiger partial charge on any atom is 0.395 e. The first-order valence-corrected chi connectivity index (χ1v) is 12.4. The summed E-state index contributed by atoms with van der Waals surface area (Å²) in [6.07, 6.45) is 0.909. The summed E-state index contributed by atoms with van der Waals surface area (Å²) in [5.41, 5.74) is 0. The lowest BCUT2D eigenvalue weighted by Crippen LogP contribution is -2.71. The van der Waals surface area contributed by atoms with Crippen LogP contribution in [0.1, 0.15) is 19.8 Å². The minimum Gasteiger partial charge on any atom is -0.474 e. The molecule has 1 N–H and O–H groups in total. The summed E-state index contributed by atoms with van der Waals surface area (Å²) in [6, 6.07) is -0.715. The molecule has 0 aromatic heterocycles. The van der Waals surface area contributed by atoms with Crippen LogP contribution in [0, 0.1) is 11.8 Å². The number of hydrogen-bond acceptors (Lipinski definition) is 6. The predicted octanol–water partition coefficient (Wildman–Crippen LogP) is 1.33. The predicted molar refractivity (Wildman–Crippen MR) is 90.8 cm³/mol. The van der Waals surface area contributed by atoms with E-state index < -0.39 is 50.1 Å². The number of carbonyl (C=O) groups excluding carboxylic acids is 3. The van der Waals surface area contributed by atoms with E-state index in [1.54, 1.807) is 6.92 Å². The molecule has 2 fully saturated rings. The molecule has 0 unspecified atom stereocenters. The molecule has 0 bridgehead atoms. The van der Waals surface area contributed by atoms with Gasteiger partial charge in [0.05, 0.1) is 24.0 Å². The molecule has 2 amide bonds. The molecule has 0 radical (unpaired) electrons. The molecule has 0 aromatic rings. The summed E-state index contributed by atoms with van der Waals surface area (Å²) < 4.78 is 5.97. The van der Waals surface area contributed by atoms with Crippen molar-refractivity contribution in [2.45, 2.75) is 51.6 Å². The van der Waals surface area contributed by atoms with Crippen LogP contribution in [-0.2, 0) is 23.6 Å². The summed E-state index contributed by atoms with van der Waals surface area (Å²) in [4.78, 5) is 48.4. The van der Waals surface area contributed by atoms with Gasteiger partial charge in [0.1, 0.15) is 0 Å². The quantitative estimate of drug-likeness (QED) is 0.451. The van der Waals surface area contributed by atoms with E-state index >= 15 is 0 Å². The lowest BCUT2D eigenvalue weighted by Gasteiger charge is -2.51. The monoisotopic (exact) mass is 373 g/mol. The Morgan fingerprint density at radius 2 is 1.96 bits per heavy atom. The molecule has 2 rings (SSSR count). The molecule has 2 heterocycles. The lowest BCUT2D eigenvalue weighted by molar-refractivity contribution is -0.181. The number of β-lactam (4-membered cyclic amide) rings is 1. The lowest BCUT2D eigenvalue weighted by atomic mass is 9.74. The van der Waals surface area contributed by atoms with Gasteiger partial charge in [-0.1, -0.05) is 11.8 Å². The van der Waals surface area contributed by atoms with Crippen molar-refractivity contribution in [2.75, 3.05) is 5.75 Å². The molecule has 2 aliphatic rings. The molecule has 9 heteroatoms. The fraction of sp³-hybridized carbons (Fsp3) is 0.733. The Balaban J connectivity index is 2.28. The first-order chi connectivity index (χ1) is 11.0. The number of imide groups is 1. The van der Waals surface area contributed by atoms with Crippen molar-refractivity contribution in [2.24, 2.45) is 11.8 Å². The van der Waals surface area contributed by atoms with E-state index in [0.29, 0.717) is 12.2 Å². The van der Waals surface area contributed by atoms with Crippen molar-refractivity contribution < 1.29 is 28.7 Å². The zero-order valence-electron chi connectivity index (χ0n) is 14.3. The molecule has 2 saturated heterocycles. The number of rotatable bonds is 4. The average Bonchev–Trinajstić information content (AvgIpc) is 2.43. The maximum atomic E-state index is 12.5. The second kappa shape index (κ2) is 6.97. The minimum absolute atomic E-state index is 0.0767. The Hall–Kier alpha value is -1.19. The molecule has 0 aliphatic carbocycles. The third kappa shape index (κ3) is 3.73. The van der Waals surface area contributed by atoms with Gasteiger partial charge in [-0.25, -0.2) is 4.79 Å². The number of amides is 2. The second-order valence-corrected chi connectivity index (χ2v) is 12.7. The van der Waals surface area contributed by atoms with Crippen LogP contribution in [0.25, 0.3) is 0 Å². The highest BCUT2D eigenvalue weighted by Gasteiger charge is 2.59. The van der Waals surface area contributed by atoms with Crippen LogP contribution in [0.15, 0.2) is 0 Å². The summed E-state index contributed by atoms with van der Waals surface area (Å²) in [5, 5.41) is 8.89. The summed E-state index contributed by atoms with van der Waals surface area (Å²) in [6.45, 7) is 7.73. The van der Waals surface area contributed by atoms with Crippen molar-refractivity contribution in [3.05, 3.63) is 0 Å². The zero-order chi connectivity index (χ0) is 18.2. The largest absolute Gasteiger partial charge is 0.474 e. The standard InChI is InChI=1S/C15H23NO6SSi/c1-8(22-24(2,3)4)10-11(9-6-5-7-23-15(9)21)16(12(10)17)13(18)14(19)20/h8-11H,5-7H2,1-4H3,(H,19,20)/t8-,9-,10-,11-/m1/s1. The minimum atomic E-state index is -1.92. The van der Waals surface area contributed by atoms with Gasteiger partial charge in [-0.2, -0.15) is 0 Å². The highest BCUT2D eigenvalue weighted by Crippen LogP contribution is 2.42. The Morgan fingerprint density at radius 3 is 2.46 bits per heavy atom. The second-order valence-electron chi connectivity index (χ2n) is 7.19. The van der Waals surface area contributed by atoms with Gasteiger partial charge >= 0.3 is 11.9 Å². The number of hydrogen-bond donors (Lipinski definition) is 1. The molecule has 2 aliphatic heterocycles. The van der Waals surface area contributed by atoms with Crippen LogP contribution in [0.5, 0.6) is 0 Å². The Bertz CT molecular complexity index is 575. The average molecular weight is 374 g/mol. The molecular formula is C15H23NO6SSi. The van der Waals surface area contributed by atoms with Gasteiger partial charge in [0, 0.05) is 5.75 Å². The smallest absolute Gasteiger partial charge is 0.395 e. The van der Waals surface area contributed by atoms with E-state index in [9.17, 15) is 19.2 Å². The molecule has 24 heavy (non-hydrogen) atoms. The molecular weight excluding hydrogens is 350 g/mol. The van der Waals surface area contributed by atoms with Crippen LogP contribution in [0.4, 0.5) is 0 Å². The fourth-order valence-electron chi connectivity index (χ4n) is 3.42. The normalized spacial score (nSPS) is 29.2. The van der Waals surface area contributed by atoms with E-state index in [4.69, 9.17) is 9.53 Å². The van der Waals surface area contributed by atoms with Crippen molar-refractivity contribution in [1.82, 2.24) is 4.90 Å². The molecule has 0 spiro atoms. The molecule has 0 saturated carbocycles. The number of carbonyl (C=O) groups is 4. The number of nitrogens with zero attached hydrogens (tertiary/aromatic N) is 1. The SMILES string of the molecule is C[C@@H](O[Si](C)(C)C)[C@H]1C(=O)N(C(=O)C(=O)O)[C@@H]1[C@H]1CCCSC1=O. The van der Waals surface area contributed by atoms with Gasteiger partial charge in [-0.05, 0) is 39.4 Å². The number of aliphatic carboxylic acids is 1. The summed E-state index contributed by atoms with van der Waals surface area (Å²) in [5.74, 6) is -3.93. The third-order valence-corrected chi connectivity index (χ3v) is 6.41. The first kappa shape index (κ1) is 19.1. The third-order valence-electron chi connectivity index (χ3n) is 4.25. The van der Waals surface area contributed by atoms with Crippen molar-refractivity contribution >= 4 is 43.0 Å². The van der Waals surface area contributed by atoms with Gasteiger partial charge in [0.25, 0.3) is 0 Å². The molecule has 0 aromatic carbocycles. The highest BCUT2D eigenvalue weighted by atomic mass is 32.2. The van der Waals surface area contributed by atoms with Crippen molar-refractivity contribution in [3.63, 3.8) is 0 Å². The van der Waals surface area contributed by atoms with Gasteiger partial charge in [0.2, 0.25) is 5.91 Å². The van der Waals surface area contributed by atoms with Crippen LogP contribution in [0.3, 0.4) is 0 Å². The maximum absolute atomic E-state index is 12.5. The van der Waals surface area contributed by atoms with Gasteiger partial charge in [-0.3, -0.25) is 19.3 Å². The number of likely N-dealkylation sites (tertiary alicyclic amines) is 1. The number of carboxylic acid groups (broad SMARTS) is 1. The Morgan fingerprint density at radius 1 is 1.33 bits per heavy atom. The number of carboxylic acids is 1. The van der Waals surface area contributed by atoms with Crippen molar-refractivity contribution in [1.29, 1.82) is 0 Å². The Kier molecular flexibility index (Phi) is 5.56. The van der Waals surface area contributed by atoms with Crippen LogP contribution >= 0.6 is 11.8 Å². The van der Waals surface area contributed by atoms with E-state index in [0.717, 1.165) is 11.3 Å². The topological polar surface area (TPSA) is 101 Å². The first-order valence-electron chi connectivity index (χ1n) is 7.99. The van der Waals surface area contributed by atoms with Crippen molar-refractivity contribution in [3.8, 4) is 0 Å². The fourth-order valence-corrected chi connectivity index (χ4v) is 5.67. The van der Waals surface area contributed by atoms with Crippen LogP contribution in [-0.4, -0.2) is 59.1 Å². The van der Waals surface area contributed by atoms with E-state index in [-0.39, 0.29) is 5.12 Å². The van der Waals surface area contributed by atoms with Gasteiger partial charge < -0.3 is 9.53 Å². The molecule has 7 nitrogen and oxygen atoms in total. The van der Waals surface area contributed by atoms with E-state index in [1.165, 1.54) is 11.8 Å². The van der Waals surface area contributed by atoms with Crippen LogP contribution in [0.2, 0.25) is 19.6 Å². The Labute approximate surface area is 146 Å². The van der Waals surface area contributed by atoms with E-state index in [1.807, 2.05) is 19.6 Å². The zero-order valence-corrected chi connectivity index (χ0v) is 16.1. The van der Waals surface area contributed by atoms with Gasteiger partial charge in [0.15, 0.2) is 13.4 Å².